The number of benzene rings is 2. The lowest BCUT2D eigenvalue weighted by molar-refractivity contribution is -0.131. The number of para-hydroxylation sites is 1. The number of carbonyl (C=O) groups excluding carboxylic acids is 2. The molecule has 4 rings (SSSR count). The molecule has 0 bridgehead atoms. The van der Waals surface area contributed by atoms with E-state index in [0.717, 1.165) is 35.0 Å². The van der Waals surface area contributed by atoms with Crippen LogP contribution < -0.4 is 20.9 Å². The van der Waals surface area contributed by atoms with Gasteiger partial charge in [0.25, 0.3) is 5.91 Å². The molecule has 2 amide bonds. The fourth-order valence-corrected chi connectivity index (χ4v) is 5.31. The molecule has 202 valence electrons. The number of fused-ring (bicyclic) bond motifs is 1. The van der Waals surface area contributed by atoms with Gasteiger partial charge in [0.15, 0.2) is 0 Å². The summed E-state index contributed by atoms with van der Waals surface area (Å²) in [5.41, 5.74) is 4.41. The van der Waals surface area contributed by atoms with Crippen molar-refractivity contribution in [2.45, 2.75) is 83.5 Å². The van der Waals surface area contributed by atoms with E-state index in [1.807, 2.05) is 37.3 Å². The number of hydroxylamine groups is 1. The van der Waals surface area contributed by atoms with Crippen LogP contribution in [-0.2, 0) is 11.4 Å². The number of rotatable bonds is 8. The van der Waals surface area contributed by atoms with Crippen LogP contribution in [0, 0.1) is 6.92 Å². The van der Waals surface area contributed by atoms with Crippen molar-refractivity contribution in [1.29, 1.82) is 0 Å². The summed E-state index contributed by atoms with van der Waals surface area (Å²) in [4.78, 5) is 29.9. The lowest BCUT2D eigenvalue weighted by Crippen LogP contribution is -2.56. The van der Waals surface area contributed by atoms with Gasteiger partial charge in [0.1, 0.15) is 12.4 Å². The average molecular weight is 519 g/mol. The summed E-state index contributed by atoms with van der Waals surface area (Å²) in [6.07, 6.45) is 2.96. The van der Waals surface area contributed by atoms with Crippen molar-refractivity contribution in [2.75, 3.05) is 0 Å². The number of hydrogen-bond donors (Lipinski definition) is 4. The fourth-order valence-electron chi connectivity index (χ4n) is 5.31. The number of amides is 2. The Morgan fingerprint density at radius 1 is 1.08 bits per heavy atom. The highest BCUT2D eigenvalue weighted by atomic mass is 16.5. The monoisotopic (exact) mass is 518 g/mol. The molecule has 0 radical (unpaired) electrons. The van der Waals surface area contributed by atoms with Gasteiger partial charge in [-0.1, -0.05) is 18.2 Å². The van der Waals surface area contributed by atoms with Gasteiger partial charge in [0.05, 0.1) is 11.9 Å². The number of pyridine rings is 1. The number of aromatic nitrogens is 1. The zero-order valence-electron chi connectivity index (χ0n) is 22.6. The van der Waals surface area contributed by atoms with Crippen LogP contribution in [0.4, 0.5) is 0 Å². The van der Waals surface area contributed by atoms with E-state index in [2.05, 4.69) is 36.4 Å². The summed E-state index contributed by atoms with van der Waals surface area (Å²) in [5, 5.41) is 16.9. The minimum atomic E-state index is -0.713. The zero-order chi connectivity index (χ0) is 27.3. The van der Waals surface area contributed by atoms with E-state index in [-0.39, 0.29) is 17.9 Å². The van der Waals surface area contributed by atoms with E-state index >= 15 is 0 Å². The molecule has 1 aromatic heterocycles. The van der Waals surface area contributed by atoms with Crippen molar-refractivity contribution in [3.63, 3.8) is 0 Å². The summed E-state index contributed by atoms with van der Waals surface area (Å²) in [6, 6.07) is 17.3. The van der Waals surface area contributed by atoms with Gasteiger partial charge in [-0.3, -0.25) is 19.8 Å². The van der Waals surface area contributed by atoms with Crippen LogP contribution in [0.3, 0.4) is 0 Å². The molecule has 4 N–H and O–H groups in total. The normalized spacial score (nSPS) is 19.7. The second-order valence-electron chi connectivity index (χ2n) is 11.4. The Kier molecular flexibility index (Phi) is 8.33. The molecule has 8 nitrogen and oxygen atoms in total. The topological polar surface area (TPSA) is 113 Å². The number of aryl methyl sites for hydroxylation is 1. The average Bonchev–Trinajstić information content (AvgIpc) is 2.88. The standard InChI is InChI=1S/C30H38N4O4/c1-20-17-22(25-7-5-6-8-26(25)31-20)19-38-24-11-9-21(10-12-24)28(36)33-30(18-27(35)34-37)15-13-23(14-16-30)32-29(2,3)4/h5-12,17,23,32,37H,13-16,18-19H2,1-4H3,(H,33,36)(H,34,35)/t23-,30+. The van der Waals surface area contributed by atoms with Gasteiger partial charge in [-0.05, 0) is 89.8 Å². The van der Waals surface area contributed by atoms with Crippen LogP contribution in [0.1, 0.15) is 74.5 Å². The smallest absolute Gasteiger partial charge is 0.251 e. The molecule has 0 saturated heterocycles. The molecule has 1 aliphatic rings. The van der Waals surface area contributed by atoms with Gasteiger partial charge in [0, 0.05) is 39.3 Å². The van der Waals surface area contributed by atoms with E-state index in [9.17, 15) is 9.59 Å². The molecule has 2 aromatic carbocycles. The molecular formula is C30H38N4O4. The second kappa shape index (κ2) is 11.5. The molecule has 3 aromatic rings. The minimum absolute atomic E-state index is 0.0104. The summed E-state index contributed by atoms with van der Waals surface area (Å²) in [5.74, 6) is -0.0985. The predicted molar refractivity (Wildman–Crippen MR) is 147 cm³/mol. The largest absolute Gasteiger partial charge is 0.489 e. The third-order valence-corrected chi connectivity index (χ3v) is 7.02. The maximum Gasteiger partial charge on any atom is 0.251 e. The fraction of sp³-hybridized carbons (Fsp3) is 0.433. The Morgan fingerprint density at radius 3 is 2.42 bits per heavy atom. The zero-order valence-corrected chi connectivity index (χ0v) is 22.6. The van der Waals surface area contributed by atoms with Crippen LogP contribution in [0.15, 0.2) is 54.6 Å². The quantitative estimate of drug-likeness (QED) is 0.251. The minimum Gasteiger partial charge on any atom is -0.489 e. The van der Waals surface area contributed by atoms with Crippen LogP contribution in [0.2, 0.25) is 0 Å². The Morgan fingerprint density at radius 2 is 1.76 bits per heavy atom. The van der Waals surface area contributed by atoms with Gasteiger partial charge in [0.2, 0.25) is 5.91 Å². The molecule has 0 spiro atoms. The number of nitrogens with zero attached hydrogens (tertiary/aromatic N) is 1. The molecule has 1 heterocycles. The summed E-state index contributed by atoms with van der Waals surface area (Å²) >= 11 is 0. The Bertz CT molecular complexity index is 1280. The lowest BCUT2D eigenvalue weighted by Gasteiger charge is -2.42. The maximum absolute atomic E-state index is 13.2. The number of nitrogens with one attached hydrogen (secondary N) is 3. The Hall–Kier alpha value is -3.49. The molecule has 0 atom stereocenters. The van der Waals surface area contributed by atoms with Gasteiger partial charge < -0.3 is 15.4 Å². The first-order chi connectivity index (χ1) is 18.1. The first kappa shape index (κ1) is 27.5. The van der Waals surface area contributed by atoms with Crippen LogP contribution in [-0.4, -0.2) is 39.1 Å². The third-order valence-electron chi connectivity index (χ3n) is 7.02. The van der Waals surface area contributed by atoms with Gasteiger partial charge in [-0.2, -0.15) is 0 Å². The third kappa shape index (κ3) is 7.08. The van der Waals surface area contributed by atoms with E-state index in [4.69, 9.17) is 9.94 Å². The van der Waals surface area contributed by atoms with Crippen molar-refractivity contribution in [1.82, 2.24) is 21.1 Å². The SMILES string of the molecule is Cc1cc(COc2ccc(C(=O)N[C@]3(CC(=O)NO)CC[C@H](NC(C)(C)C)CC3)cc2)c2ccccc2n1. The van der Waals surface area contributed by atoms with Crippen molar-refractivity contribution >= 4 is 22.7 Å². The molecule has 1 fully saturated rings. The Labute approximate surface area is 224 Å². The van der Waals surface area contributed by atoms with Crippen molar-refractivity contribution in [2.24, 2.45) is 0 Å². The lowest BCUT2D eigenvalue weighted by atomic mass is 9.76. The van der Waals surface area contributed by atoms with Crippen LogP contribution in [0.25, 0.3) is 10.9 Å². The highest BCUT2D eigenvalue weighted by Crippen LogP contribution is 2.33. The first-order valence-corrected chi connectivity index (χ1v) is 13.2. The Balaban J connectivity index is 1.41. The van der Waals surface area contributed by atoms with Crippen LogP contribution >= 0.6 is 0 Å². The highest BCUT2D eigenvalue weighted by Gasteiger charge is 2.39. The van der Waals surface area contributed by atoms with Gasteiger partial charge in [-0.15, -0.1) is 0 Å². The summed E-state index contributed by atoms with van der Waals surface area (Å²) in [7, 11) is 0. The van der Waals surface area contributed by atoms with Crippen molar-refractivity contribution in [3.05, 3.63) is 71.4 Å². The summed E-state index contributed by atoms with van der Waals surface area (Å²) in [6.45, 7) is 8.74. The molecule has 1 aliphatic carbocycles. The van der Waals surface area contributed by atoms with Gasteiger partial charge >= 0.3 is 0 Å². The molecule has 38 heavy (non-hydrogen) atoms. The molecule has 0 aliphatic heterocycles. The summed E-state index contributed by atoms with van der Waals surface area (Å²) < 4.78 is 6.03. The molecule has 1 saturated carbocycles. The van der Waals surface area contributed by atoms with E-state index < -0.39 is 11.4 Å². The number of ether oxygens (including phenoxy) is 1. The van der Waals surface area contributed by atoms with E-state index in [0.29, 0.717) is 36.8 Å². The maximum atomic E-state index is 13.2. The predicted octanol–water partition coefficient (Wildman–Crippen LogP) is 4.82. The van der Waals surface area contributed by atoms with Crippen LogP contribution in [0.5, 0.6) is 5.75 Å². The first-order valence-electron chi connectivity index (χ1n) is 13.2. The molecule has 0 unspecified atom stereocenters. The number of carbonyl (C=O) groups is 2. The molecular weight excluding hydrogens is 480 g/mol. The van der Waals surface area contributed by atoms with E-state index in [1.165, 1.54) is 0 Å². The van der Waals surface area contributed by atoms with Crippen molar-refractivity contribution in [3.8, 4) is 5.75 Å². The second-order valence-corrected chi connectivity index (χ2v) is 11.4. The highest BCUT2D eigenvalue weighted by molar-refractivity contribution is 5.95. The number of hydrogen-bond acceptors (Lipinski definition) is 6. The van der Waals surface area contributed by atoms with Crippen molar-refractivity contribution < 1.29 is 19.5 Å². The molecule has 8 heteroatoms. The van der Waals surface area contributed by atoms with Gasteiger partial charge in [-0.25, -0.2) is 5.48 Å². The van der Waals surface area contributed by atoms with E-state index in [1.54, 1.807) is 29.7 Å².